The number of rotatable bonds is 9. The molecule has 8 atom stereocenters. The zero-order valence-electron chi connectivity index (χ0n) is 24.2. The van der Waals surface area contributed by atoms with Crippen LogP contribution < -0.4 is 15.5 Å². The van der Waals surface area contributed by atoms with E-state index in [0.717, 1.165) is 12.1 Å². The van der Waals surface area contributed by atoms with Crippen molar-refractivity contribution in [2.75, 3.05) is 6.79 Å². The summed E-state index contributed by atoms with van der Waals surface area (Å²) in [6, 6.07) is 6.90. The van der Waals surface area contributed by atoms with Crippen LogP contribution in [0.15, 0.2) is 53.4 Å². The summed E-state index contributed by atoms with van der Waals surface area (Å²) in [6.07, 6.45) is -6.79. The second-order valence-corrected chi connectivity index (χ2v) is 11.3. The lowest BCUT2D eigenvalue weighted by molar-refractivity contribution is -0.155. The zero-order valence-corrected chi connectivity index (χ0v) is 24.9. The van der Waals surface area contributed by atoms with Crippen LogP contribution >= 0.6 is 11.6 Å². The van der Waals surface area contributed by atoms with E-state index in [1.165, 1.54) is 37.3 Å². The number of carbonyl (C=O) groups is 1. The fraction of sp³-hybridized carbons (Fsp3) is 0.433. The Balaban J connectivity index is 1.16. The van der Waals surface area contributed by atoms with Gasteiger partial charge in [0.1, 0.15) is 55.8 Å². The lowest BCUT2D eigenvalue weighted by atomic mass is 9.83. The number of carbonyl (C=O) groups excluding carboxylic acids is 1. The van der Waals surface area contributed by atoms with Gasteiger partial charge in [-0.05, 0) is 49.8 Å². The molecule has 3 fully saturated rings. The Hall–Kier alpha value is -3.34. The molecule has 1 amide bonds. The molecule has 2 aromatic rings. The minimum atomic E-state index is -1.51. The molecule has 15 heteroatoms. The summed E-state index contributed by atoms with van der Waals surface area (Å²) >= 11 is 5.75. The summed E-state index contributed by atoms with van der Waals surface area (Å²) in [5.74, 6) is -2.01. The van der Waals surface area contributed by atoms with Gasteiger partial charge in [0, 0.05) is 16.2 Å². The Kier molecular flexibility index (Phi) is 10.3. The monoisotopic (exact) mass is 654 g/mol. The molecule has 2 saturated heterocycles. The summed E-state index contributed by atoms with van der Waals surface area (Å²) in [4.78, 5) is 18.1. The van der Waals surface area contributed by atoms with Gasteiger partial charge in [0.2, 0.25) is 12.2 Å². The Morgan fingerprint density at radius 1 is 1.02 bits per heavy atom. The number of hydroxylamine groups is 1. The third-order valence-corrected chi connectivity index (χ3v) is 7.91. The molecule has 1 saturated carbocycles. The number of halogens is 3. The maximum atomic E-state index is 15.0. The normalized spacial score (nSPS) is 30.8. The summed E-state index contributed by atoms with van der Waals surface area (Å²) in [5.41, 5.74) is 3.60. The number of aliphatic hydroxyl groups is 4. The van der Waals surface area contributed by atoms with Gasteiger partial charge >= 0.3 is 0 Å². The van der Waals surface area contributed by atoms with Gasteiger partial charge in [0.25, 0.3) is 0 Å². The van der Waals surface area contributed by atoms with E-state index in [-0.39, 0.29) is 47.5 Å². The van der Waals surface area contributed by atoms with Gasteiger partial charge in [-0.1, -0.05) is 23.7 Å². The van der Waals surface area contributed by atoms with Crippen molar-refractivity contribution in [1.82, 2.24) is 10.8 Å². The molecule has 1 aliphatic carbocycles. The largest absolute Gasteiger partial charge is 0.454 e. The minimum Gasteiger partial charge on any atom is -0.454 e. The van der Waals surface area contributed by atoms with E-state index in [0.29, 0.717) is 11.3 Å². The Labute approximate surface area is 261 Å². The van der Waals surface area contributed by atoms with E-state index >= 15 is 0 Å². The molecule has 0 bridgehead atoms. The Bertz CT molecular complexity index is 1480. The summed E-state index contributed by atoms with van der Waals surface area (Å²) < 4.78 is 50.6. The molecule has 0 radical (unpaired) electrons. The number of hydrogen-bond acceptors (Lipinski definition) is 11. The number of allylic oxidation sites excluding steroid dienone is 1. The molecule has 0 unspecified atom stereocenters. The summed E-state index contributed by atoms with van der Waals surface area (Å²) in [6.45, 7) is 2.75. The Morgan fingerprint density at radius 3 is 2.47 bits per heavy atom. The van der Waals surface area contributed by atoms with E-state index in [9.17, 15) is 34.0 Å². The molecule has 45 heavy (non-hydrogen) atoms. The highest BCUT2D eigenvalue weighted by Gasteiger charge is 2.53. The number of amides is 1. The van der Waals surface area contributed by atoms with Crippen LogP contribution in [-0.4, -0.2) is 82.1 Å². The highest BCUT2D eigenvalue weighted by Crippen LogP contribution is 2.31. The first-order chi connectivity index (χ1) is 21.4. The second kappa shape index (κ2) is 14.0. The number of ether oxygens (including phenoxy) is 4. The van der Waals surface area contributed by atoms with Crippen molar-refractivity contribution in [3.05, 3.63) is 81.2 Å². The van der Waals surface area contributed by atoms with Crippen molar-refractivity contribution in [2.45, 2.75) is 75.8 Å². The van der Waals surface area contributed by atoms with Gasteiger partial charge in [-0.3, -0.25) is 15.1 Å². The highest BCUT2D eigenvalue weighted by atomic mass is 35.5. The minimum absolute atomic E-state index is 0.00707. The number of nitrogens with one attached hydrogen (secondary N) is 2. The molecule has 3 aliphatic rings. The molecular weight excluding hydrogens is 622 g/mol. The van der Waals surface area contributed by atoms with Crippen molar-refractivity contribution in [2.24, 2.45) is 0 Å². The SMILES string of the molecule is CC(=Cc1ccc(O[C@@H]2C[C@H](O)C(=C(C)NOCc3ccc(Cl)cc3F)O2)c(F)c1)C(=O)N[C@@H]1[C@H](O)[C@@H](O)[C@H]2OCO[C@H]2[C@@H]1O. The second-order valence-electron chi connectivity index (χ2n) is 10.9. The van der Waals surface area contributed by atoms with Crippen molar-refractivity contribution in [3.8, 4) is 5.75 Å². The molecule has 12 nitrogen and oxygen atoms in total. The molecule has 0 spiro atoms. The summed E-state index contributed by atoms with van der Waals surface area (Å²) in [7, 11) is 0. The lowest BCUT2D eigenvalue weighted by Gasteiger charge is -2.41. The maximum Gasteiger partial charge on any atom is 0.247 e. The first-order valence-corrected chi connectivity index (χ1v) is 14.4. The van der Waals surface area contributed by atoms with E-state index < -0.39 is 66.5 Å². The number of fused-ring (bicyclic) bond motifs is 1. The predicted molar refractivity (Wildman–Crippen MR) is 153 cm³/mol. The van der Waals surface area contributed by atoms with Crippen LogP contribution in [0, 0.1) is 11.6 Å². The van der Waals surface area contributed by atoms with Crippen molar-refractivity contribution >= 4 is 23.6 Å². The summed E-state index contributed by atoms with van der Waals surface area (Å²) in [5, 5.41) is 44.5. The van der Waals surface area contributed by atoms with Gasteiger partial charge in [-0.2, -0.15) is 0 Å². The van der Waals surface area contributed by atoms with Crippen LogP contribution in [0.2, 0.25) is 5.02 Å². The highest BCUT2D eigenvalue weighted by molar-refractivity contribution is 6.30. The van der Waals surface area contributed by atoms with Crippen molar-refractivity contribution in [1.29, 1.82) is 0 Å². The first-order valence-electron chi connectivity index (χ1n) is 14.0. The fourth-order valence-corrected chi connectivity index (χ4v) is 5.42. The third kappa shape index (κ3) is 7.39. The van der Waals surface area contributed by atoms with Gasteiger partial charge in [0.15, 0.2) is 17.3 Å². The smallest absolute Gasteiger partial charge is 0.247 e. The van der Waals surface area contributed by atoms with Crippen LogP contribution in [0.3, 0.4) is 0 Å². The van der Waals surface area contributed by atoms with Gasteiger partial charge < -0.3 is 44.7 Å². The van der Waals surface area contributed by atoms with Crippen molar-refractivity contribution < 1.29 is 57.8 Å². The third-order valence-electron chi connectivity index (χ3n) is 7.67. The average molecular weight is 655 g/mol. The Morgan fingerprint density at radius 2 is 1.76 bits per heavy atom. The van der Waals surface area contributed by atoms with Gasteiger partial charge in [0.05, 0.1) is 18.2 Å². The van der Waals surface area contributed by atoms with E-state index in [1.54, 1.807) is 6.92 Å². The van der Waals surface area contributed by atoms with Crippen LogP contribution in [-0.2, 0) is 30.4 Å². The lowest BCUT2D eigenvalue weighted by Crippen LogP contribution is -2.67. The van der Waals surface area contributed by atoms with Crippen LogP contribution in [0.4, 0.5) is 8.78 Å². The van der Waals surface area contributed by atoms with E-state index in [4.69, 9.17) is 35.4 Å². The van der Waals surface area contributed by atoms with Gasteiger partial charge in [-0.15, -0.1) is 0 Å². The van der Waals surface area contributed by atoms with E-state index in [1.807, 2.05) is 0 Å². The number of benzene rings is 2. The zero-order chi connectivity index (χ0) is 32.4. The molecule has 2 heterocycles. The quantitative estimate of drug-likeness (QED) is 0.172. The molecule has 5 rings (SSSR count). The molecule has 244 valence electrons. The topological polar surface area (TPSA) is 168 Å². The average Bonchev–Trinajstić information content (AvgIpc) is 3.63. The maximum absolute atomic E-state index is 15.0. The number of aliphatic hydroxyl groups excluding tert-OH is 4. The van der Waals surface area contributed by atoms with E-state index in [2.05, 4.69) is 10.8 Å². The fourth-order valence-electron chi connectivity index (χ4n) is 5.26. The molecule has 0 aromatic heterocycles. The molecular formula is C30H33ClF2N2O10. The van der Waals surface area contributed by atoms with Gasteiger partial charge in [-0.25, -0.2) is 8.78 Å². The van der Waals surface area contributed by atoms with Crippen molar-refractivity contribution in [3.63, 3.8) is 0 Å². The number of hydrogen-bond donors (Lipinski definition) is 6. The molecule has 2 aliphatic heterocycles. The molecule has 2 aromatic carbocycles. The predicted octanol–water partition coefficient (Wildman–Crippen LogP) is 1.78. The standard InChI is InChI=1S/C30H33ClF2N2O10/c1-13(30(40)34-23-24(37)26(39)29-28(25(23)38)41-12-42-29)7-15-3-6-21(19(33)8-15)44-22-10-20(36)27(45-22)14(2)35-43-11-16-4-5-17(31)9-18(16)32/h3-9,20,22-26,28-29,35-39H,10-12H2,1-2H3,(H,34,40)/t20-,22-,23+,24-,25+,26+,28-,29+/m0/s1. The van der Waals surface area contributed by atoms with Crippen LogP contribution in [0.1, 0.15) is 31.4 Å². The van der Waals surface area contributed by atoms with Crippen LogP contribution in [0.25, 0.3) is 6.08 Å². The van der Waals surface area contributed by atoms with Crippen LogP contribution in [0.5, 0.6) is 5.75 Å². The first kappa shape index (κ1) is 33.0. The molecule has 6 N–H and O–H groups in total.